The third kappa shape index (κ3) is 5.67. The molecule has 0 aromatic heterocycles. The van der Waals surface area contributed by atoms with E-state index < -0.39 is 0 Å². The van der Waals surface area contributed by atoms with Crippen molar-refractivity contribution in [2.45, 2.75) is 26.2 Å². The fraction of sp³-hybridized carbons (Fsp3) is 0.571. The van der Waals surface area contributed by atoms with Gasteiger partial charge in [0.2, 0.25) is 0 Å². The summed E-state index contributed by atoms with van der Waals surface area (Å²) in [5.74, 6) is 0.165. The molecule has 0 spiro atoms. The molecule has 0 heterocycles. The van der Waals surface area contributed by atoms with Crippen molar-refractivity contribution >= 4 is 5.78 Å². The molecule has 0 aromatic carbocycles. The summed E-state index contributed by atoms with van der Waals surface area (Å²) in [6.07, 6.45) is 4.54. The van der Waals surface area contributed by atoms with Crippen molar-refractivity contribution in [1.82, 2.24) is 0 Å². The molecule has 0 rings (SSSR count). The summed E-state index contributed by atoms with van der Waals surface area (Å²) >= 11 is 0. The first-order valence-corrected chi connectivity index (χ1v) is 2.90. The fourth-order valence-electron chi connectivity index (χ4n) is 0.450. The van der Waals surface area contributed by atoms with Gasteiger partial charge in [0.25, 0.3) is 0 Å². The molecule has 0 aliphatic rings. The first-order chi connectivity index (χ1) is 3.77. The largest absolute Gasteiger partial charge is 0.300 e. The highest BCUT2D eigenvalue weighted by Gasteiger charge is 1.90. The first-order valence-electron chi connectivity index (χ1n) is 2.90. The van der Waals surface area contributed by atoms with Crippen LogP contribution < -0.4 is 0 Å². The zero-order valence-corrected chi connectivity index (χ0v) is 5.31. The van der Waals surface area contributed by atoms with Crippen LogP contribution in [-0.4, -0.2) is 5.78 Å². The van der Waals surface area contributed by atoms with Crippen LogP contribution in [0.4, 0.5) is 0 Å². The molecule has 0 aliphatic carbocycles. The fourth-order valence-corrected chi connectivity index (χ4v) is 0.450. The Morgan fingerprint density at radius 1 is 1.75 bits per heavy atom. The Bertz CT molecular complexity index is 66.8. The van der Waals surface area contributed by atoms with Crippen molar-refractivity contribution in [1.29, 1.82) is 0 Å². The Morgan fingerprint density at radius 3 is 2.75 bits per heavy atom. The van der Waals surface area contributed by atoms with Crippen LogP contribution in [0, 0.1) is 13.3 Å². The number of ketones is 1. The van der Waals surface area contributed by atoms with Crippen LogP contribution in [0.25, 0.3) is 0 Å². The summed E-state index contributed by atoms with van der Waals surface area (Å²) in [7, 11) is 0. The lowest BCUT2D eigenvalue weighted by Gasteiger charge is -1.90. The van der Waals surface area contributed by atoms with Gasteiger partial charge in [0, 0.05) is 6.42 Å². The summed E-state index contributed by atoms with van der Waals surface area (Å²) in [4.78, 5) is 10.2. The van der Waals surface area contributed by atoms with Crippen LogP contribution in [0.1, 0.15) is 26.2 Å². The molecule has 0 unspecified atom stereocenters. The minimum Gasteiger partial charge on any atom is -0.300 e. The Balaban J connectivity index is 2.82. The minimum atomic E-state index is 0.165. The normalized spacial score (nSPS) is 9.25. The molecular formula is C7H12O. The second-order valence-corrected chi connectivity index (χ2v) is 1.81. The lowest BCUT2D eigenvalue weighted by atomic mass is 10.2. The molecule has 2 radical (unpaired) electrons. The predicted octanol–water partition coefficient (Wildman–Crippen LogP) is 1.78. The summed E-state index contributed by atoms with van der Waals surface area (Å²) < 4.78 is 0. The second kappa shape index (κ2) is 4.82. The average Bonchev–Trinajstić information content (AvgIpc) is 1.66. The van der Waals surface area contributed by atoms with E-state index in [1.165, 1.54) is 0 Å². The van der Waals surface area contributed by atoms with Crippen molar-refractivity contribution in [2.24, 2.45) is 0 Å². The summed E-state index contributed by atoms with van der Waals surface area (Å²) in [6, 6.07) is 0. The van der Waals surface area contributed by atoms with Crippen molar-refractivity contribution in [3.05, 3.63) is 13.3 Å². The topological polar surface area (TPSA) is 17.1 Å². The quantitative estimate of drug-likeness (QED) is 0.507. The third-order valence-corrected chi connectivity index (χ3v) is 0.886. The van der Waals surface area contributed by atoms with E-state index in [1.54, 1.807) is 13.3 Å². The van der Waals surface area contributed by atoms with Crippen molar-refractivity contribution in [3.63, 3.8) is 0 Å². The maximum Gasteiger partial charge on any atom is 0.133 e. The number of carbonyl (C=O) groups excluding carboxylic acids is 1. The van der Waals surface area contributed by atoms with E-state index in [9.17, 15) is 4.79 Å². The minimum absolute atomic E-state index is 0.165. The van der Waals surface area contributed by atoms with Gasteiger partial charge in [-0.15, -0.1) is 0 Å². The van der Waals surface area contributed by atoms with Crippen LogP contribution >= 0.6 is 0 Å². The molecule has 46 valence electrons. The van der Waals surface area contributed by atoms with Crippen molar-refractivity contribution in [2.75, 3.05) is 0 Å². The molecule has 0 fully saturated rings. The molecule has 0 atom stereocenters. The lowest BCUT2D eigenvalue weighted by molar-refractivity contribution is -0.114. The summed E-state index contributed by atoms with van der Waals surface area (Å²) in [5, 5.41) is 0. The molecule has 1 nitrogen and oxygen atoms in total. The number of unbranched alkanes of at least 4 members (excludes halogenated alkanes) is 2. The molecule has 0 aromatic rings. The molecule has 0 amide bonds. The molecule has 0 aliphatic heterocycles. The van der Waals surface area contributed by atoms with Gasteiger partial charge in [-0.1, -0.05) is 19.8 Å². The average molecular weight is 112 g/mol. The number of hydrogen-bond acceptors (Lipinski definition) is 1. The monoisotopic (exact) mass is 112 g/mol. The maximum absolute atomic E-state index is 10.2. The van der Waals surface area contributed by atoms with Crippen LogP contribution in [0.5, 0.6) is 0 Å². The van der Waals surface area contributed by atoms with Gasteiger partial charge < -0.3 is 0 Å². The third-order valence-electron chi connectivity index (χ3n) is 0.886. The van der Waals surface area contributed by atoms with Crippen LogP contribution in [0.15, 0.2) is 0 Å². The molecule has 0 saturated heterocycles. The van der Waals surface area contributed by atoms with E-state index in [1.807, 2.05) is 0 Å². The van der Waals surface area contributed by atoms with E-state index in [0.717, 1.165) is 19.3 Å². The Kier molecular flexibility index (Phi) is 4.62. The molecule has 0 N–H and O–H groups in total. The first kappa shape index (κ1) is 7.67. The number of hydrogen-bond donors (Lipinski definition) is 0. The highest BCUT2D eigenvalue weighted by Crippen LogP contribution is 1.96. The van der Waals surface area contributed by atoms with E-state index in [2.05, 4.69) is 6.92 Å². The van der Waals surface area contributed by atoms with E-state index >= 15 is 0 Å². The Hall–Kier alpha value is -0.330. The van der Waals surface area contributed by atoms with Crippen molar-refractivity contribution < 1.29 is 4.79 Å². The van der Waals surface area contributed by atoms with Crippen LogP contribution in [0.2, 0.25) is 0 Å². The standard InChI is InChI=1S/C7H12O/c1-3-4-5-6-7(2)8/h6H,1,3-5H2,2H3. The summed E-state index contributed by atoms with van der Waals surface area (Å²) in [5.41, 5.74) is 0. The van der Waals surface area contributed by atoms with Gasteiger partial charge in [-0.3, -0.25) is 4.79 Å². The summed E-state index contributed by atoms with van der Waals surface area (Å²) in [6.45, 7) is 5.22. The van der Waals surface area contributed by atoms with Crippen LogP contribution in [0.3, 0.4) is 0 Å². The predicted molar refractivity (Wildman–Crippen MR) is 34.2 cm³/mol. The smallest absolute Gasteiger partial charge is 0.133 e. The van der Waals surface area contributed by atoms with Gasteiger partial charge >= 0.3 is 0 Å². The van der Waals surface area contributed by atoms with Gasteiger partial charge in [0.1, 0.15) is 5.78 Å². The van der Waals surface area contributed by atoms with E-state index in [4.69, 9.17) is 0 Å². The lowest BCUT2D eigenvalue weighted by Crippen LogP contribution is -1.89. The Morgan fingerprint density at radius 2 is 2.38 bits per heavy atom. The van der Waals surface area contributed by atoms with Gasteiger partial charge in [-0.25, -0.2) is 0 Å². The second-order valence-electron chi connectivity index (χ2n) is 1.81. The van der Waals surface area contributed by atoms with Gasteiger partial charge in [-0.2, -0.15) is 0 Å². The highest BCUT2D eigenvalue weighted by atomic mass is 16.1. The number of rotatable bonds is 4. The van der Waals surface area contributed by atoms with Crippen molar-refractivity contribution in [3.8, 4) is 0 Å². The van der Waals surface area contributed by atoms with Gasteiger partial charge in [0.15, 0.2) is 0 Å². The molecule has 8 heavy (non-hydrogen) atoms. The van der Waals surface area contributed by atoms with Crippen LogP contribution in [-0.2, 0) is 4.79 Å². The van der Waals surface area contributed by atoms with E-state index in [-0.39, 0.29) is 5.78 Å². The molecular weight excluding hydrogens is 100 g/mol. The maximum atomic E-state index is 10.2. The van der Waals surface area contributed by atoms with Gasteiger partial charge in [0.05, 0.1) is 0 Å². The number of Topliss-reactive ketones (excluding diaryl/α,β-unsaturated/α-hetero) is 1. The van der Waals surface area contributed by atoms with Gasteiger partial charge in [-0.05, 0) is 13.3 Å². The highest BCUT2D eigenvalue weighted by molar-refractivity contribution is 5.84. The SMILES string of the molecule is [CH2]CCC[CH]C(C)=O. The number of carbonyl (C=O) groups is 1. The molecule has 0 bridgehead atoms. The van der Waals surface area contributed by atoms with E-state index in [0.29, 0.717) is 0 Å². The zero-order valence-electron chi connectivity index (χ0n) is 5.31. The molecule has 1 heteroatoms. The zero-order chi connectivity index (χ0) is 6.41. The molecule has 0 saturated carbocycles. The Labute approximate surface area is 51.1 Å².